The highest BCUT2D eigenvalue weighted by molar-refractivity contribution is 7.81. The van der Waals surface area contributed by atoms with Crippen molar-refractivity contribution in [2.75, 3.05) is 13.7 Å². The van der Waals surface area contributed by atoms with Crippen molar-refractivity contribution >= 4 is 41.2 Å². The van der Waals surface area contributed by atoms with Gasteiger partial charge in [0.05, 0.1) is 41.7 Å². The zero-order chi connectivity index (χ0) is 37.3. The highest BCUT2D eigenvalue weighted by atomic mass is 32.1. The van der Waals surface area contributed by atoms with Crippen LogP contribution in [0.3, 0.4) is 0 Å². The number of unbranched alkanes of at least 4 members (excludes halogenated alkanes) is 1. The summed E-state index contributed by atoms with van der Waals surface area (Å²) in [6.45, 7) is 3.62. The molecule has 0 aliphatic heterocycles. The Kier molecular flexibility index (Phi) is 13.1. The van der Waals surface area contributed by atoms with Crippen LogP contribution in [-0.2, 0) is 17.3 Å². The molecular formula is C38H37F3O9S. The van der Waals surface area contributed by atoms with Gasteiger partial charge in [-0.15, -0.1) is 0 Å². The first-order valence-electron chi connectivity index (χ1n) is 16.1. The Bertz CT molecular complexity index is 2030. The fourth-order valence-corrected chi connectivity index (χ4v) is 5.68. The Balaban J connectivity index is 1.63. The first kappa shape index (κ1) is 38.8. The molecule has 0 amide bonds. The van der Waals surface area contributed by atoms with E-state index in [9.17, 15) is 37.8 Å². The molecule has 0 fully saturated rings. The van der Waals surface area contributed by atoms with Gasteiger partial charge < -0.3 is 28.8 Å². The van der Waals surface area contributed by atoms with Gasteiger partial charge in [0, 0.05) is 22.8 Å². The summed E-state index contributed by atoms with van der Waals surface area (Å²) in [5.74, 6) is -1.80. The topological polar surface area (TPSA) is 132 Å². The van der Waals surface area contributed by atoms with Crippen molar-refractivity contribution in [2.45, 2.75) is 64.1 Å². The second-order valence-corrected chi connectivity index (χ2v) is 12.2. The van der Waals surface area contributed by atoms with E-state index in [4.69, 9.17) is 26.1 Å². The lowest BCUT2D eigenvalue weighted by Gasteiger charge is -2.22. The molecule has 13 heteroatoms. The Morgan fingerprint density at radius 2 is 1.92 bits per heavy atom. The zero-order valence-electron chi connectivity index (χ0n) is 28.1. The summed E-state index contributed by atoms with van der Waals surface area (Å²) in [5.41, 5.74) is -1.34. The van der Waals surface area contributed by atoms with E-state index in [1.807, 2.05) is 6.92 Å². The summed E-state index contributed by atoms with van der Waals surface area (Å²) >= 11 is 5.22. The molecule has 2 aromatic carbocycles. The molecular weight excluding hydrogens is 689 g/mol. The van der Waals surface area contributed by atoms with Gasteiger partial charge in [0.15, 0.2) is 11.2 Å². The molecule has 1 heterocycles. The van der Waals surface area contributed by atoms with Crippen LogP contribution in [-0.4, -0.2) is 40.7 Å². The molecule has 0 saturated heterocycles. The highest BCUT2D eigenvalue weighted by Gasteiger charge is 2.34. The normalized spacial score (nSPS) is 14.1. The number of carbonyl (C=O) groups is 2. The number of phenolic OH excluding ortho intramolecular Hbond substituents is 1. The minimum Gasteiger partial charge on any atom is -0.507 e. The van der Waals surface area contributed by atoms with Gasteiger partial charge in [0.2, 0.25) is 0 Å². The van der Waals surface area contributed by atoms with E-state index < -0.39 is 41.3 Å². The highest BCUT2D eigenvalue weighted by Crippen LogP contribution is 2.38. The number of carbonyl (C=O) groups excluding carboxylic acids is 2. The van der Waals surface area contributed by atoms with Crippen LogP contribution in [0.4, 0.5) is 18.0 Å². The van der Waals surface area contributed by atoms with E-state index in [1.54, 1.807) is 18.2 Å². The average molecular weight is 727 g/mol. The number of aliphatic hydroxyl groups excluding tert-OH is 1. The molecule has 270 valence electrons. The van der Waals surface area contributed by atoms with Crippen molar-refractivity contribution in [3.63, 3.8) is 0 Å². The summed E-state index contributed by atoms with van der Waals surface area (Å²) in [6.07, 6.45) is 4.20. The Morgan fingerprint density at radius 1 is 1.16 bits per heavy atom. The number of benzene rings is 2. The molecule has 1 aliphatic rings. The van der Waals surface area contributed by atoms with Gasteiger partial charge in [0.25, 0.3) is 0 Å². The fraction of sp³-hybridized carbons (Fsp3) is 0.316. The van der Waals surface area contributed by atoms with Crippen molar-refractivity contribution in [3.8, 4) is 17.4 Å². The number of halogens is 3. The van der Waals surface area contributed by atoms with Crippen molar-refractivity contribution in [3.05, 3.63) is 109 Å². The van der Waals surface area contributed by atoms with Crippen LogP contribution in [0.25, 0.3) is 12.2 Å². The summed E-state index contributed by atoms with van der Waals surface area (Å²) in [6, 6.07) is 7.25. The Labute approximate surface area is 297 Å². The maximum Gasteiger partial charge on any atom is 0.516 e. The van der Waals surface area contributed by atoms with Crippen molar-refractivity contribution in [2.24, 2.45) is 0 Å². The van der Waals surface area contributed by atoms with Gasteiger partial charge in [-0.1, -0.05) is 68.1 Å². The second-order valence-electron chi connectivity index (χ2n) is 11.6. The molecule has 1 aliphatic carbocycles. The molecule has 4 rings (SSSR count). The van der Waals surface area contributed by atoms with Crippen LogP contribution in [0.5, 0.6) is 17.4 Å². The van der Waals surface area contributed by atoms with E-state index in [0.29, 0.717) is 42.0 Å². The Morgan fingerprint density at radius 3 is 2.61 bits per heavy atom. The maximum atomic E-state index is 13.9. The van der Waals surface area contributed by atoms with Crippen LogP contribution >= 0.6 is 12.2 Å². The summed E-state index contributed by atoms with van der Waals surface area (Å²) in [7, 11) is 1.04. The number of Topliss-reactive ketones (excluding diaryl/α,β-unsaturated/α-hetero) is 1. The predicted octanol–water partition coefficient (Wildman–Crippen LogP) is 6.79. The number of aliphatic hydroxyl groups is 1. The molecule has 1 aromatic heterocycles. The third kappa shape index (κ3) is 9.62. The lowest BCUT2D eigenvalue weighted by Crippen LogP contribution is -2.44. The number of rotatable bonds is 14. The van der Waals surface area contributed by atoms with Gasteiger partial charge in [-0.3, -0.25) is 9.59 Å². The van der Waals surface area contributed by atoms with Gasteiger partial charge in [-0.25, -0.2) is 4.79 Å². The minimum atomic E-state index is -4.70. The molecule has 0 saturated carbocycles. The van der Waals surface area contributed by atoms with E-state index in [0.717, 1.165) is 31.7 Å². The van der Waals surface area contributed by atoms with Crippen LogP contribution in [0, 0.1) is 0 Å². The van der Waals surface area contributed by atoms with Crippen LogP contribution in [0.15, 0.2) is 69.9 Å². The molecule has 0 radical (unpaired) electrons. The first-order valence-corrected chi connectivity index (χ1v) is 16.5. The molecule has 0 spiro atoms. The molecule has 2 atom stereocenters. The third-order valence-electron chi connectivity index (χ3n) is 8.01. The van der Waals surface area contributed by atoms with E-state index in [2.05, 4.69) is 4.74 Å². The summed E-state index contributed by atoms with van der Waals surface area (Å²) in [5, 5.41) is 22.2. The molecule has 51 heavy (non-hydrogen) atoms. The smallest absolute Gasteiger partial charge is 0.507 e. The van der Waals surface area contributed by atoms with Crippen molar-refractivity contribution in [1.82, 2.24) is 0 Å². The standard InChI is InChI=1S/C38H37F3O9S/c1-4-11-27-30(18-17-26(22(2)42)34(27)44)48-19-9-7-5-6-8-14-29(33(43)23-12-10-13-24(20-23)38(39,40)41)32-35(45)28-16-15-25(51)21-31(28)49-36(32)50-37(46)47-3/h5-6,8,10,12-14,16-18,20-21,29,33,43-44H,4,7,9,11,15,19H2,1-3H3/b6-5-,14-8+/t29-,33-/m0/s1. The molecule has 0 unspecified atom stereocenters. The number of methoxy groups -OCH3 is 1. The number of fused-ring (bicyclic) bond motifs is 1. The summed E-state index contributed by atoms with van der Waals surface area (Å²) in [4.78, 5) is 38.4. The lowest BCUT2D eigenvalue weighted by atomic mass is 9.88. The SMILES string of the molecule is CCCc1c(OCCC/C=C\C=C\[C@@H](c2c(OC(=O)OC)oc3c(c2=O)=CCC(=S)C=3)[C@@H](O)c2cccc(C(F)(F)F)c2)ccc(C(C)=O)c1O. The second kappa shape index (κ2) is 17.3. The molecule has 3 aromatic rings. The number of hydrogen-bond donors (Lipinski definition) is 2. The van der Waals surface area contributed by atoms with E-state index in [-0.39, 0.29) is 45.3 Å². The molecule has 2 N–H and O–H groups in total. The van der Waals surface area contributed by atoms with Gasteiger partial charge in [-0.2, -0.15) is 13.2 Å². The van der Waals surface area contributed by atoms with E-state index in [1.165, 1.54) is 43.4 Å². The average Bonchev–Trinajstić information content (AvgIpc) is 3.08. The first-order chi connectivity index (χ1) is 24.3. The number of ether oxygens (including phenoxy) is 3. The third-order valence-corrected chi connectivity index (χ3v) is 8.29. The van der Waals surface area contributed by atoms with E-state index >= 15 is 0 Å². The van der Waals surface area contributed by atoms with Crippen molar-refractivity contribution in [1.29, 1.82) is 0 Å². The van der Waals surface area contributed by atoms with Gasteiger partial charge >= 0.3 is 18.3 Å². The van der Waals surface area contributed by atoms with Crippen LogP contribution < -0.4 is 25.5 Å². The number of phenols is 1. The van der Waals surface area contributed by atoms with Crippen molar-refractivity contribution < 1.29 is 51.6 Å². The Hall–Kier alpha value is -5.01. The van der Waals surface area contributed by atoms with Crippen LogP contribution in [0.2, 0.25) is 0 Å². The molecule has 9 nitrogen and oxygen atoms in total. The number of ketones is 1. The van der Waals surface area contributed by atoms with Crippen LogP contribution in [0.1, 0.15) is 84.2 Å². The maximum absolute atomic E-state index is 13.9. The number of allylic oxidation sites excluding steroid dienone is 3. The van der Waals surface area contributed by atoms with Gasteiger partial charge in [0.1, 0.15) is 16.9 Å². The van der Waals surface area contributed by atoms with Gasteiger partial charge in [-0.05, 0) is 62.1 Å². The summed E-state index contributed by atoms with van der Waals surface area (Å²) < 4.78 is 62.2. The minimum absolute atomic E-state index is 0.0177. The largest absolute Gasteiger partial charge is 0.516 e. The number of aromatic hydroxyl groups is 1. The number of thiocarbonyl (C=S) groups is 1. The zero-order valence-corrected chi connectivity index (χ0v) is 28.9. The fourth-order valence-electron chi connectivity index (χ4n) is 5.48. The lowest BCUT2D eigenvalue weighted by molar-refractivity contribution is -0.137. The number of alkyl halides is 3. The monoisotopic (exact) mass is 726 g/mol. The molecule has 0 bridgehead atoms. The predicted molar refractivity (Wildman–Crippen MR) is 188 cm³/mol. The quantitative estimate of drug-likeness (QED) is 0.0602. The number of hydrogen-bond acceptors (Lipinski definition) is 10.